The van der Waals surface area contributed by atoms with E-state index in [2.05, 4.69) is 15.4 Å². The van der Waals surface area contributed by atoms with Gasteiger partial charge in [-0.25, -0.2) is 0 Å². The average Bonchev–Trinajstić information content (AvgIpc) is 2.32. The Balaban J connectivity index is 2.81. The largest absolute Gasteiger partial charge is 0.481 e. The third-order valence-electron chi connectivity index (χ3n) is 1.36. The van der Waals surface area contributed by atoms with Crippen molar-refractivity contribution in [1.29, 1.82) is 0 Å². The molecule has 0 atom stereocenters. The number of hydrogen-bond donors (Lipinski definition) is 1. The first-order valence-electron chi connectivity index (χ1n) is 3.91. The van der Waals surface area contributed by atoms with E-state index in [1.54, 1.807) is 0 Å². The molecule has 0 aromatic carbocycles. The second-order valence-electron chi connectivity index (χ2n) is 3.74. The minimum absolute atomic E-state index is 0.184. The number of carboxylic acid groups (broad SMARTS) is 1. The summed E-state index contributed by atoms with van der Waals surface area (Å²) in [7, 11) is 0. The Bertz CT molecular complexity index is 313. The van der Waals surface area contributed by atoms with Gasteiger partial charge in [0.25, 0.3) is 0 Å². The molecular weight excluding hydrogens is 172 g/mol. The first-order valence-corrected chi connectivity index (χ1v) is 3.91. The van der Waals surface area contributed by atoms with Gasteiger partial charge in [-0.05, 0) is 26.0 Å². The molecule has 1 N–H and O–H groups in total. The maximum atomic E-state index is 10.3. The molecule has 0 saturated heterocycles. The van der Waals surface area contributed by atoms with Crippen LogP contribution in [-0.4, -0.2) is 31.3 Å². The fraction of sp³-hybridized carbons (Fsp3) is 0.714. The molecule has 1 rings (SSSR count). The van der Waals surface area contributed by atoms with Crippen LogP contribution in [0.4, 0.5) is 0 Å². The molecule has 1 heterocycles. The lowest BCUT2D eigenvalue weighted by atomic mass is 10.1. The van der Waals surface area contributed by atoms with Crippen molar-refractivity contribution in [3.63, 3.8) is 0 Å². The van der Waals surface area contributed by atoms with Crippen LogP contribution in [0.5, 0.6) is 0 Å². The molecular formula is C7H12N4O2. The third kappa shape index (κ3) is 2.50. The van der Waals surface area contributed by atoms with E-state index < -0.39 is 5.97 Å². The topological polar surface area (TPSA) is 80.9 Å². The molecule has 0 unspecified atom stereocenters. The van der Waals surface area contributed by atoms with Crippen molar-refractivity contribution in [3.8, 4) is 0 Å². The van der Waals surface area contributed by atoms with Crippen LogP contribution in [0.2, 0.25) is 0 Å². The summed E-state index contributed by atoms with van der Waals surface area (Å²) in [4.78, 5) is 11.7. The molecule has 1 aromatic heterocycles. The molecule has 0 radical (unpaired) electrons. The van der Waals surface area contributed by atoms with E-state index >= 15 is 0 Å². The predicted octanol–water partition coefficient (Wildman–Crippen LogP) is 0.0552. The maximum absolute atomic E-state index is 10.3. The minimum atomic E-state index is -0.951. The van der Waals surface area contributed by atoms with Gasteiger partial charge in [-0.15, -0.1) is 10.2 Å². The molecule has 0 fully saturated rings. The monoisotopic (exact) mass is 184 g/mol. The highest BCUT2D eigenvalue weighted by Crippen LogP contribution is 2.08. The van der Waals surface area contributed by atoms with Crippen molar-refractivity contribution in [1.82, 2.24) is 20.2 Å². The Morgan fingerprint density at radius 3 is 2.54 bits per heavy atom. The van der Waals surface area contributed by atoms with Gasteiger partial charge in [-0.2, -0.15) is 4.80 Å². The quantitative estimate of drug-likeness (QED) is 0.702. The summed E-state index contributed by atoms with van der Waals surface area (Å²) in [5, 5.41) is 19.8. The van der Waals surface area contributed by atoms with Crippen LogP contribution in [0.25, 0.3) is 0 Å². The number of aliphatic carboxylic acids is 1. The van der Waals surface area contributed by atoms with Crippen molar-refractivity contribution in [3.05, 3.63) is 5.82 Å². The van der Waals surface area contributed by atoms with Crippen LogP contribution in [-0.2, 0) is 16.8 Å². The number of tetrazole rings is 1. The van der Waals surface area contributed by atoms with Gasteiger partial charge in [-0.3, -0.25) is 4.79 Å². The summed E-state index contributed by atoms with van der Waals surface area (Å²) in [6.07, 6.45) is -0.184. The van der Waals surface area contributed by atoms with Crippen molar-refractivity contribution in [2.75, 3.05) is 0 Å². The summed E-state index contributed by atoms with van der Waals surface area (Å²) >= 11 is 0. The van der Waals surface area contributed by atoms with E-state index in [1.165, 1.54) is 4.80 Å². The van der Waals surface area contributed by atoms with Crippen LogP contribution in [0.1, 0.15) is 26.6 Å². The number of rotatable bonds is 2. The molecule has 6 nitrogen and oxygen atoms in total. The van der Waals surface area contributed by atoms with E-state index in [4.69, 9.17) is 5.11 Å². The van der Waals surface area contributed by atoms with Gasteiger partial charge in [0.1, 0.15) is 6.42 Å². The normalized spacial score (nSPS) is 11.6. The number of aromatic nitrogens is 4. The number of carboxylic acids is 1. The summed E-state index contributed by atoms with van der Waals surface area (Å²) in [6.45, 7) is 5.75. The average molecular weight is 184 g/mol. The van der Waals surface area contributed by atoms with Gasteiger partial charge >= 0.3 is 5.97 Å². The van der Waals surface area contributed by atoms with Gasteiger partial charge in [0.2, 0.25) is 0 Å². The Kier molecular flexibility index (Phi) is 2.31. The number of carbonyl (C=O) groups is 1. The Labute approximate surface area is 75.6 Å². The van der Waals surface area contributed by atoms with E-state index in [0.29, 0.717) is 0 Å². The fourth-order valence-corrected chi connectivity index (χ4v) is 0.733. The molecule has 0 aliphatic heterocycles. The van der Waals surface area contributed by atoms with Crippen molar-refractivity contribution < 1.29 is 9.90 Å². The summed E-state index contributed by atoms with van der Waals surface area (Å²) in [5.41, 5.74) is -0.260. The van der Waals surface area contributed by atoms with E-state index in [9.17, 15) is 4.79 Å². The van der Waals surface area contributed by atoms with E-state index in [0.717, 1.165) is 0 Å². The van der Waals surface area contributed by atoms with E-state index in [1.807, 2.05) is 20.8 Å². The lowest BCUT2D eigenvalue weighted by Gasteiger charge is -2.15. The second-order valence-corrected chi connectivity index (χ2v) is 3.74. The summed E-state index contributed by atoms with van der Waals surface area (Å²) in [5.74, 6) is -0.712. The minimum Gasteiger partial charge on any atom is -0.481 e. The lowest BCUT2D eigenvalue weighted by Crippen LogP contribution is -2.24. The highest BCUT2D eigenvalue weighted by Gasteiger charge is 2.17. The molecule has 0 aliphatic rings. The number of hydrogen-bond acceptors (Lipinski definition) is 4. The van der Waals surface area contributed by atoms with Gasteiger partial charge in [0, 0.05) is 0 Å². The standard InChI is InChI=1S/C7H12N4O2/c1-7(2,3)11-9-5(8-10-11)4-6(12)13/h4H2,1-3H3,(H,12,13). The van der Waals surface area contributed by atoms with Crippen LogP contribution in [0.3, 0.4) is 0 Å². The molecule has 0 spiro atoms. The van der Waals surface area contributed by atoms with Gasteiger partial charge in [0.05, 0.1) is 5.54 Å². The Hall–Kier alpha value is -1.46. The highest BCUT2D eigenvalue weighted by molar-refractivity contribution is 5.68. The lowest BCUT2D eigenvalue weighted by molar-refractivity contribution is -0.136. The zero-order valence-corrected chi connectivity index (χ0v) is 7.85. The van der Waals surface area contributed by atoms with E-state index in [-0.39, 0.29) is 17.8 Å². The number of nitrogens with zero attached hydrogens (tertiary/aromatic N) is 4. The zero-order valence-electron chi connectivity index (χ0n) is 7.85. The molecule has 0 aliphatic carbocycles. The van der Waals surface area contributed by atoms with Crippen LogP contribution >= 0.6 is 0 Å². The predicted molar refractivity (Wildman–Crippen MR) is 44.2 cm³/mol. The summed E-state index contributed by atoms with van der Waals surface area (Å²) < 4.78 is 0. The van der Waals surface area contributed by atoms with Gasteiger partial charge in [-0.1, -0.05) is 0 Å². The summed E-state index contributed by atoms with van der Waals surface area (Å²) in [6, 6.07) is 0. The molecule has 1 aromatic rings. The van der Waals surface area contributed by atoms with Crippen LogP contribution < -0.4 is 0 Å². The first-order chi connectivity index (χ1) is 5.89. The Morgan fingerprint density at radius 1 is 1.54 bits per heavy atom. The molecule has 13 heavy (non-hydrogen) atoms. The third-order valence-corrected chi connectivity index (χ3v) is 1.36. The van der Waals surface area contributed by atoms with Crippen LogP contribution in [0, 0.1) is 0 Å². The maximum Gasteiger partial charge on any atom is 0.311 e. The molecule has 6 heteroatoms. The molecule has 72 valence electrons. The second kappa shape index (κ2) is 3.12. The SMILES string of the molecule is CC(C)(C)n1nnc(CC(=O)O)n1. The zero-order chi connectivity index (χ0) is 10.1. The smallest absolute Gasteiger partial charge is 0.311 e. The van der Waals surface area contributed by atoms with Crippen LogP contribution in [0.15, 0.2) is 0 Å². The van der Waals surface area contributed by atoms with Crippen molar-refractivity contribution in [2.45, 2.75) is 32.7 Å². The molecule has 0 saturated carbocycles. The van der Waals surface area contributed by atoms with Gasteiger partial charge in [0.15, 0.2) is 5.82 Å². The molecule has 0 amide bonds. The fourth-order valence-electron chi connectivity index (χ4n) is 0.733. The van der Waals surface area contributed by atoms with Crippen molar-refractivity contribution in [2.24, 2.45) is 0 Å². The Morgan fingerprint density at radius 2 is 2.15 bits per heavy atom. The van der Waals surface area contributed by atoms with Gasteiger partial charge < -0.3 is 5.11 Å². The molecule has 0 bridgehead atoms. The van der Waals surface area contributed by atoms with Crippen molar-refractivity contribution >= 4 is 5.97 Å². The first kappa shape index (κ1) is 9.63. The highest BCUT2D eigenvalue weighted by atomic mass is 16.4.